The zero-order chi connectivity index (χ0) is 8.43. The maximum Gasteiger partial charge on any atom is 1.00 e. The summed E-state index contributed by atoms with van der Waals surface area (Å²) in [5.74, 6) is -2.27. The molecule has 7 heteroatoms. The van der Waals surface area contributed by atoms with E-state index in [-0.39, 0.29) is 18.9 Å². The van der Waals surface area contributed by atoms with Crippen molar-refractivity contribution in [1.29, 1.82) is 0 Å². The summed E-state index contributed by atoms with van der Waals surface area (Å²) in [4.78, 5) is 33.9. The summed E-state index contributed by atoms with van der Waals surface area (Å²) >= 11 is 0. The molecule has 0 bridgehead atoms. The third kappa shape index (κ3) is 2.49. The van der Waals surface area contributed by atoms with E-state index in [1.54, 1.807) is 0 Å². The Morgan fingerprint density at radius 1 is 1.50 bits per heavy atom. The number of nitrogens with zero attached hydrogens (tertiary/aromatic N) is 1. The monoisotopic (exact) mass is 162 g/mol. The maximum absolute atomic E-state index is 10.5. The van der Waals surface area contributed by atoms with E-state index in [1.165, 1.54) is 0 Å². The molecule has 0 saturated carbocycles. The van der Waals surface area contributed by atoms with Crippen LogP contribution in [-0.2, 0) is 9.59 Å². The van der Waals surface area contributed by atoms with Crippen LogP contribution < -0.4 is 29.3 Å². The molecule has 6 nitrogen and oxygen atoms in total. The van der Waals surface area contributed by atoms with Crippen LogP contribution in [0.15, 0.2) is 4.99 Å². The molecule has 1 aliphatic rings. The second kappa shape index (κ2) is 4.04. The van der Waals surface area contributed by atoms with Crippen molar-refractivity contribution in [1.82, 2.24) is 5.32 Å². The van der Waals surface area contributed by atoms with Gasteiger partial charge in [0.1, 0.15) is 0 Å². The topological polar surface area (TPSA) is 98.7 Å². The molecule has 3 amide bonds. The molecule has 0 aromatic carbocycles. The summed E-state index contributed by atoms with van der Waals surface area (Å²) in [6, 6.07) is -0.958. The number of hydrogen-bond acceptors (Lipinski definition) is 4. The van der Waals surface area contributed by atoms with Crippen molar-refractivity contribution >= 4 is 23.6 Å². The molecule has 0 saturated heterocycles. The van der Waals surface area contributed by atoms with Crippen LogP contribution >= 0.6 is 0 Å². The van der Waals surface area contributed by atoms with Crippen LogP contribution in [0.2, 0.25) is 0 Å². The number of carboxylic acid groups (broad SMARTS) is 1. The largest absolute Gasteiger partial charge is 1.00 e. The minimum atomic E-state index is -1.59. The fourth-order valence-corrected chi connectivity index (χ4v) is 0.623. The number of rotatable bonds is 1. The van der Waals surface area contributed by atoms with E-state index in [1.807, 2.05) is 5.32 Å². The van der Waals surface area contributed by atoms with E-state index >= 15 is 0 Å². The smallest absolute Gasteiger partial charge is 0.543 e. The van der Waals surface area contributed by atoms with Gasteiger partial charge in [-0.1, -0.05) is 0 Å². The molecule has 0 aromatic heterocycles. The molecule has 1 N–H and O–H groups in total. The van der Waals surface area contributed by atoms with Gasteiger partial charge in [0.05, 0.1) is 18.1 Å². The number of hydrogen-bond donors (Lipinski definition) is 1. The summed E-state index contributed by atoms with van der Waals surface area (Å²) in [7, 11) is 0. The number of aliphatic imine (C=N–C) groups is 1. The first kappa shape index (κ1) is 10.9. The quantitative estimate of drug-likeness (QED) is 0.389. The van der Waals surface area contributed by atoms with Crippen LogP contribution in [0.1, 0.15) is 6.42 Å². The van der Waals surface area contributed by atoms with Crippen LogP contribution in [0.3, 0.4) is 0 Å². The molecule has 58 valence electrons. The molecule has 0 aromatic rings. The Morgan fingerprint density at radius 3 is 2.50 bits per heavy atom. The third-order valence-corrected chi connectivity index (χ3v) is 1.05. The Morgan fingerprint density at radius 2 is 2.08 bits per heavy atom. The molecular weight excluding hydrogens is 159 g/mol. The van der Waals surface area contributed by atoms with E-state index in [2.05, 4.69) is 4.99 Å². The minimum absolute atomic E-state index is 0. The summed E-state index contributed by atoms with van der Waals surface area (Å²) in [5.41, 5.74) is -0.529. The van der Waals surface area contributed by atoms with Crippen molar-refractivity contribution < 1.29 is 38.4 Å². The van der Waals surface area contributed by atoms with Gasteiger partial charge in [-0.15, -0.1) is 0 Å². The molecular formula is C5H3LiN2O4. The van der Waals surface area contributed by atoms with Gasteiger partial charge in [-0.05, 0) is 0 Å². The summed E-state index contributed by atoms with van der Waals surface area (Å²) < 4.78 is 0. The van der Waals surface area contributed by atoms with E-state index in [0.29, 0.717) is 0 Å². The number of amides is 3. The van der Waals surface area contributed by atoms with Gasteiger partial charge in [0, 0.05) is 0 Å². The number of carboxylic acids is 1. The van der Waals surface area contributed by atoms with Crippen LogP contribution in [0.4, 0.5) is 4.79 Å². The molecule has 0 unspecified atom stereocenters. The van der Waals surface area contributed by atoms with E-state index < -0.39 is 30.0 Å². The Hall–Kier alpha value is -1.12. The molecule has 1 heterocycles. The van der Waals surface area contributed by atoms with Gasteiger partial charge in [-0.25, -0.2) is 4.79 Å². The Labute approximate surface area is 79.2 Å². The molecule has 0 atom stereocenters. The van der Waals surface area contributed by atoms with Gasteiger partial charge in [-0.2, -0.15) is 4.99 Å². The number of carbonyl (C=O) groups is 3. The first-order valence-electron chi connectivity index (χ1n) is 2.72. The second-order valence-corrected chi connectivity index (χ2v) is 1.88. The van der Waals surface area contributed by atoms with Crippen molar-refractivity contribution in [2.75, 3.05) is 0 Å². The van der Waals surface area contributed by atoms with Crippen LogP contribution in [0.5, 0.6) is 0 Å². The van der Waals surface area contributed by atoms with Crippen LogP contribution in [-0.4, -0.2) is 23.6 Å². The maximum atomic E-state index is 10.5. The fourth-order valence-electron chi connectivity index (χ4n) is 0.623. The second-order valence-electron chi connectivity index (χ2n) is 1.88. The van der Waals surface area contributed by atoms with E-state index in [0.717, 1.165) is 0 Å². The first-order valence-corrected chi connectivity index (χ1v) is 2.72. The van der Waals surface area contributed by atoms with Gasteiger partial charge >= 0.3 is 24.9 Å². The number of imide groups is 1. The molecule has 12 heavy (non-hydrogen) atoms. The van der Waals surface area contributed by atoms with Gasteiger partial charge in [0.2, 0.25) is 5.91 Å². The normalized spacial score (nSPS) is 15.8. The van der Waals surface area contributed by atoms with Crippen LogP contribution in [0.25, 0.3) is 0 Å². The van der Waals surface area contributed by atoms with E-state index in [4.69, 9.17) is 0 Å². The Bertz CT molecular complexity index is 273. The summed E-state index contributed by atoms with van der Waals surface area (Å²) in [6.07, 6.45) is -0.409. The zero-order valence-corrected chi connectivity index (χ0v) is 6.29. The van der Waals surface area contributed by atoms with Crippen molar-refractivity contribution in [3.05, 3.63) is 0 Å². The predicted octanol–water partition coefficient (Wildman–Crippen LogP) is -5.18. The SMILES string of the molecule is O=C1CC(C(=O)[O-])=NC(=O)N1.[Li+]. The van der Waals surface area contributed by atoms with Crippen molar-refractivity contribution in [3.63, 3.8) is 0 Å². The van der Waals surface area contributed by atoms with Crippen molar-refractivity contribution in [2.24, 2.45) is 4.99 Å². The minimum Gasteiger partial charge on any atom is -0.543 e. The molecule has 0 fully saturated rings. The number of urea groups is 1. The summed E-state index contributed by atoms with van der Waals surface area (Å²) in [5, 5.41) is 11.9. The first-order chi connectivity index (χ1) is 5.09. The molecule has 0 radical (unpaired) electrons. The number of carbonyl (C=O) groups excluding carboxylic acids is 3. The number of aliphatic carboxylic acids is 1. The van der Waals surface area contributed by atoms with Crippen molar-refractivity contribution in [3.8, 4) is 0 Å². The molecule has 1 aliphatic heterocycles. The molecule has 0 spiro atoms. The van der Waals surface area contributed by atoms with Gasteiger partial charge in [-0.3, -0.25) is 10.1 Å². The Balaban J connectivity index is 0.00000121. The third-order valence-electron chi connectivity index (χ3n) is 1.05. The van der Waals surface area contributed by atoms with Gasteiger partial charge < -0.3 is 9.90 Å². The average molecular weight is 162 g/mol. The van der Waals surface area contributed by atoms with Gasteiger partial charge in [0.15, 0.2) is 0 Å². The van der Waals surface area contributed by atoms with E-state index in [9.17, 15) is 19.5 Å². The number of nitrogens with one attached hydrogen (secondary N) is 1. The van der Waals surface area contributed by atoms with Crippen molar-refractivity contribution in [2.45, 2.75) is 6.42 Å². The molecule has 0 aliphatic carbocycles. The van der Waals surface area contributed by atoms with Crippen LogP contribution in [0, 0.1) is 0 Å². The standard InChI is InChI=1S/C5H4N2O4.Li/c8-3-1-2(4(9)10)6-5(11)7-3;/h1H2,(H,9,10)(H,7,8,11);/q;+1/p-1. The fraction of sp³-hybridized carbons (Fsp3) is 0.200. The predicted molar refractivity (Wildman–Crippen MR) is 30.6 cm³/mol. The Kier molecular flexibility index (Phi) is 3.66. The van der Waals surface area contributed by atoms with Gasteiger partial charge in [0.25, 0.3) is 0 Å². The average Bonchev–Trinajstić information content (AvgIpc) is 1.85. The molecule has 1 rings (SSSR count). The summed E-state index contributed by atoms with van der Waals surface area (Å²) in [6.45, 7) is 0. The zero-order valence-electron chi connectivity index (χ0n) is 6.29.